The first kappa shape index (κ1) is 22.7. The van der Waals surface area contributed by atoms with Gasteiger partial charge in [0.05, 0.1) is 25.8 Å². The number of carbonyl (C=O) groups excluding carboxylic acids is 2. The molecule has 8 nitrogen and oxygen atoms in total. The van der Waals surface area contributed by atoms with Gasteiger partial charge in [0.2, 0.25) is 0 Å². The van der Waals surface area contributed by atoms with Gasteiger partial charge < -0.3 is 25.0 Å². The highest BCUT2D eigenvalue weighted by atomic mass is 16.5. The highest BCUT2D eigenvalue weighted by Crippen LogP contribution is 2.29. The lowest BCUT2D eigenvalue weighted by Crippen LogP contribution is -2.51. The van der Waals surface area contributed by atoms with Crippen LogP contribution in [0.15, 0.2) is 59.8 Å². The summed E-state index contributed by atoms with van der Waals surface area (Å²) in [7, 11) is 3.03. The summed E-state index contributed by atoms with van der Waals surface area (Å²) in [5, 5.41) is 5.73. The maximum Gasteiger partial charge on any atom is 0.338 e. The van der Waals surface area contributed by atoms with E-state index in [-0.39, 0.29) is 6.03 Å². The van der Waals surface area contributed by atoms with Gasteiger partial charge in [-0.1, -0.05) is 35.9 Å². The SMILES string of the molecule is COC(=O)C1=C(CN2CCN(c3cccc(OC)c3)CC2)NC(=O)N[C@H]1c1ccc(C)cc1. The lowest BCUT2D eigenvalue weighted by molar-refractivity contribution is -0.136. The molecular formula is C25H30N4O4. The quantitative estimate of drug-likeness (QED) is 0.659. The third-order valence-corrected chi connectivity index (χ3v) is 6.14. The van der Waals surface area contributed by atoms with Gasteiger partial charge in [0.1, 0.15) is 5.75 Å². The van der Waals surface area contributed by atoms with Gasteiger partial charge in [0, 0.05) is 50.2 Å². The number of piperazine rings is 1. The van der Waals surface area contributed by atoms with Gasteiger partial charge in [0.15, 0.2) is 0 Å². The predicted molar refractivity (Wildman–Crippen MR) is 126 cm³/mol. The molecule has 0 aromatic heterocycles. The van der Waals surface area contributed by atoms with Gasteiger partial charge in [-0.2, -0.15) is 0 Å². The first-order valence-electron chi connectivity index (χ1n) is 11.1. The molecule has 2 aliphatic rings. The molecule has 2 heterocycles. The summed E-state index contributed by atoms with van der Waals surface area (Å²) in [4.78, 5) is 29.8. The maximum atomic E-state index is 12.8. The number of methoxy groups -OCH3 is 2. The van der Waals surface area contributed by atoms with Crippen LogP contribution in [0.4, 0.5) is 10.5 Å². The molecule has 1 atom stereocenters. The second-order valence-corrected chi connectivity index (χ2v) is 8.29. The summed E-state index contributed by atoms with van der Waals surface area (Å²) in [6.07, 6.45) is 0. The van der Waals surface area contributed by atoms with Crippen LogP contribution in [0.3, 0.4) is 0 Å². The molecule has 0 radical (unpaired) electrons. The molecule has 2 aromatic carbocycles. The highest BCUT2D eigenvalue weighted by molar-refractivity contribution is 5.95. The van der Waals surface area contributed by atoms with Gasteiger partial charge in [-0.15, -0.1) is 0 Å². The van der Waals surface area contributed by atoms with Gasteiger partial charge in [0.25, 0.3) is 0 Å². The van der Waals surface area contributed by atoms with E-state index in [4.69, 9.17) is 9.47 Å². The fourth-order valence-corrected chi connectivity index (χ4v) is 4.30. The zero-order valence-electron chi connectivity index (χ0n) is 19.3. The molecule has 174 valence electrons. The normalized spacial score (nSPS) is 19.1. The Kier molecular flexibility index (Phi) is 6.84. The van der Waals surface area contributed by atoms with Crippen LogP contribution in [-0.4, -0.2) is 63.8 Å². The predicted octanol–water partition coefficient (Wildman–Crippen LogP) is 2.61. The Balaban J connectivity index is 1.52. The van der Waals surface area contributed by atoms with Crippen LogP contribution in [0, 0.1) is 6.92 Å². The minimum absolute atomic E-state index is 0.321. The molecule has 0 spiro atoms. The number of ether oxygens (including phenoxy) is 2. The number of rotatable bonds is 6. The first-order chi connectivity index (χ1) is 16.0. The van der Waals surface area contributed by atoms with E-state index in [1.165, 1.54) is 7.11 Å². The summed E-state index contributed by atoms with van der Waals surface area (Å²) in [5.74, 6) is 0.389. The summed E-state index contributed by atoms with van der Waals surface area (Å²) in [6.45, 7) is 5.73. The average Bonchev–Trinajstić information content (AvgIpc) is 2.84. The maximum absolute atomic E-state index is 12.8. The highest BCUT2D eigenvalue weighted by Gasteiger charge is 2.34. The summed E-state index contributed by atoms with van der Waals surface area (Å²) < 4.78 is 10.4. The number of nitrogens with one attached hydrogen (secondary N) is 2. The molecule has 2 aliphatic heterocycles. The number of benzene rings is 2. The largest absolute Gasteiger partial charge is 0.497 e. The number of aryl methyl sites for hydroxylation is 1. The van der Waals surface area contributed by atoms with E-state index in [1.54, 1.807) is 7.11 Å². The molecule has 0 saturated carbocycles. The standard InChI is InChI=1S/C25H30N4O4/c1-17-7-9-18(10-8-17)23-22(24(30)33-3)21(26-25(31)27-23)16-28-11-13-29(14-12-28)19-5-4-6-20(15-19)32-2/h4-10,15,23H,11-14,16H2,1-3H3,(H2,26,27,31)/t23-/m0/s1. The molecule has 0 unspecified atom stereocenters. The fourth-order valence-electron chi connectivity index (χ4n) is 4.30. The lowest BCUT2D eigenvalue weighted by atomic mass is 9.94. The van der Waals surface area contributed by atoms with Crippen LogP contribution in [0.25, 0.3) is 0 Å². The van der Waals surface area contributed by atoms with Gasteiger partial charge in [-0.05, 0) is 24.6 Å². The summed E-state index contributed by atoms with van der Waals surface area (Å²) in [6, 6.07) is 15.0. The number of amides is 2. The summed E-state index contributed by atoms with van der Waals surface area (Å²) >= 11 is 0. The Morgan fingerprint density at radius 3 is 2.45 bits per heavy atom. The van der Waals surface area contributed by atoms with Crippen LogP contribution in [-0.2, 0) is 9.53 Å². The fraction of sp³-hybridized carbons (Fsp3) is 0.360. The average molecular weight is 451 g/mol. The van der Waals surface area contributed by atoms with Crippen molar-refractivity contribution in [3.8, 4) is 5.75 Å². The zero-order valence-corrected chi connectivity index (χ0v) is 19.3. The minimum Gasteiger partial charge on any atom is -0.497 e. The number of urea groups is 1. The molecule has 1 saturated heterocycles. The topological polar surface area (TPSA) is 83.1 Å². The molecule has 1 fully saturated rings. The number of esters is 1. The van der Waals surface area contributed by atoms with E-state index in [0.29, 0.717) is 17.8 Å². The van der Waals surface area contributed by atoms with Crippen LogP contribution in [0.5, 0.6) is 5.75 Å². The number of carbonyl (C=O) groups is 2. The number of nitrogens with zero attached hydrogens (tertiary/aromatic N) is 2. The van der Waals surface area contributed by atoms with Crippen molar-refractivity contribution < 1.29 is 19.1 Å². The zero-order chi connectivity index (χ0) is 23.4. The third kappa shape index (κ3) is 5.12. The van der Waals surface area contributed by atoms with Crippen molar-refractivity contribution in [2.45, 2.75) is 13.0 Å². The molecule has 0 bridgehead atoms. The van der Waals surface area contributed by atoms with Gasteiger partial charge in [-0.3, -0.25) is 4.90 Å². The Morgan fingerprint density at radius 2 is 1.79 bits per heavy atom. The smallest absolute Gasteiger partial charge is 0.338 e. The van der Waals surface area contributed by atoms with Crippen molar-refractivity contribution in [2.24, 2.45) is 0 Å². The molecule has 2 N–H and O–H groups in total. The van der Waals surface area contributed by atoms with E-state index in [1.807, 2.05) is 49.4 Å². The Bertz CT molecular complexity index is 1040. The van der Waals surface area contributed by atoms with Crippen molar-refractivity contribution in [1.29, 1.82) is 0 Å². The Labute approximate surface area is 194 Å². The third-order valence-electron chi connectivity index (χ3n) is 6.14. The van der Waals surface area contributed by atoms with E-state index in [2.05, 4.69) is 26.5 Å². The van der Waals surface area contributed by atoms with Gasteiger partial charge in [-0.25, -0.2) is 9.59 Å². The summed E-state index contributed by atoms with van der Waals surface area (Å²) in [5.41, 5.74) is 4.10. The van der Waals surface area contributed by atoms with E-state index < -0.39 is 12.0 Å². The molecule has 8 heteroatoms. The molecule has 33 heavy (non-hydrogen) atoms. The number of anilines is 1. The Morgan fingerprint density at radius 1 is 1.06 bits per heavy atom. The number of hydrogen-bond donors (Lipinski definition) is 2. The monoisotopic (exact) mass is 450 g/mol. The Hall–Kier alpha value is -3.52. The van der Waals surface area contributed by atoms with E-state index >= 15 is 0 Å². The van der Waals surface area contributed by atoms with Crippen molar-refractivity contribution in [3.63, 3.8) is 0 Å². The van der Waals surface area contributed by atoms with Crippen LogP contribution in [0.1, 0.15) is 17.2 Å². The van der Waals surface area contributed by atoms with E-state index in [0.717, 1.165) is 48.7 Å². The second kappa shape index (κ2) is 9.95. The molecule has 2 aromatic rings. The van der Waals surface area contributed by atoms with Crippen LogP contribution < -0.4 is 20.3 Å². The lowest BCUT2D eigenvalue weighted by Gasteiger charge is -2.38. The van der Waals surface area contributed by atoms with Crippen molar-refractivity contribution in [1.82, 2.24) is 15.5 Å². The molecule has 2 amide bonds. The first-order valence-corrected chi connectivity index (χ1v) is 11.1. The van der Waals surface area contributed by atoms with Gasteiger partial charge >= 0.3 is 12.0 Å². The van der Waals surface area contributed by atoms with Crippen LogP contribution >= 0.6 is 0 Å². The van der Waals surface area contributed by atoms with Crippen molar-refractivity contribution in [3.05, 3.63) is 70.9 Å². The molecular weight excluding hydrogens is 420 g/mol. The van der Waals surface area contributed by atoms with Crippen LogP contribution in [0.2, 0.25) is 0 Å². The molecule has 0 aliphatic carbocycles. The molecule has 4 rings (SSSR count). The minimum atomic E-state index is -0.556. The van der Waals surface area contributed by atoms with Crippen molar-refractivity contribution >= 4 is 17.7 Å². The number of hydrogen-bond acceptors (Lipinski definition) is 6. The van der Waals surface area contributed by atoms with Crippen molar-refractivity contribution in [2.75, 3.05) is 51.8 Å². The van der Waals surface area contributed by atoms with E-state index in [9.17, 15) is 9.59 Å². The second-order valence-electron chi connectivity index (χ2n) is 8.29.